The minimum atomic E-state index is -0.317. The van der Waals surface area contributed by atoms with Crippen LogP contribution in [0.5, 0.6) is 5.75 Å². The molecule has 0 aliphatic carbocycles. The Kier molecular flexibility index (Phi) is 4.45. The smallest absolute Gasteiger partial charge is 0.255 e. The molecule has 5 heteroatoms. The summed E-state index contributed by atoms with van der Waals surface area (Å²) in [4.78, 5) is 12.0. The highest BCUT2D eigenvalue weighted by Crippen LogP contribution is 2.21. The second-order valence-electron chi connectivity index (χ2n) is 4.37. The molecule has 100 valence electrons. The third-order valence-electron chi connectivity index (χ3n) is 2.70. The van der Waals surface area contributed by atoms with Crippen LogP contribution >= 0.6 is 22.9 Å². The van der Waals surface area contributed by atoms with Crippen molar-refractivity contribution in [3.8, 4) is 5.75 Å². The first kappa shape index (κ1) is 13.9. The molecule has 1 unspecified atom stereocenters. The Hall–Kier alpha value is -1.52. The van der Waals surface area contributed by atoms with Crippen molar-refractivity contribution in [1.29, 1.82) is 0 Å². The zero-order valence-electron chi connectivity index (χ0n) is 10.4. The molecule has 2 aromatic rings. The van der Waals surface area contributed by atoms with Gasteiger partial charge in [-0.3, -0.25) is 4.79 Å². The molecule has 1 aromatic heterocycles. The maximum atomic E-state index is 12.0. The first-order valence-corrected chi connectivity index (χ1v) is 7.19. The SMILES string of the molecule is CC(Cc1ccsc1)NC(=O)c1cc(Cl)ccc1O. The Morgan fingerprint density at radius 1 is 1.47 bits per heavy atom. The van der Waals surface area contributed by atoms with Gasteiger partial charge >= 0.3 is 0 Å². The molecule has 0 spiro atoms. The van der Waals surface area contributed by atoms with Crippen molar-refractivity contribution in [2.75, 3.05) is 0 Å². The predicted octanol–water partition coefficient (Wildman–Crippen LogP) is 3.47. The number of carbonyl (C=O) groups is 1. The Bertz CT molecular complexity index is 569. The number of benzene rings is 1. The van der Waals surface area contributed by atoms with Crippen LogP contribution in [0.25, 0.3) is 0 Å². The van der Waals surface area contributed by atoms with E-state index < -0.39 is 0 Å². The minimum absolute atomic E-state index is 0.0134. The highest BCUT2D eigenvalue weighted by molar-refractivity contribution is 7.07. The average Bonchev–Trinajstić information content (AvgIpc) is 2.84. The fraction of sp³-hybridized carbons (Fsp3) is 0.214. The fourth-order valence-electron chi connectivity index (χ4n) is 1.81. The number of nitrogens with one attached hydrogen (secondary N) is 1. The lowest BCUT2D eigenvalue weighted by atomic mass is 10.1. The predicted molar refractivity (Wildman–Crippen MR) is 78.1 cm³/mol. The highest BCUT2D eigenvalue weighted by atomic mass is 35.5. The van der Waals surface area contributed by atoms with Crippen LogP contribution in [0.2, 0.25) is 5.02 Å². The van der Waals surface area contributed by atoms with Gasteiger partial charge in [-0.25, -0.2) is 0 Å². The summed E-state index contributed by atoms with van der Waals surface area (Å²) in [5.74, 6) is -0.382. The molecule has 0 radical (unpaired) electrons. The first-order valence-electron chi connectivity index (χ1n) is 5.86. The van der Waals surface area contributed by atoms with Gasteiger partial charge in [0.05, 0.1) is 5.56 Å². The Morgan fingerprint density at radius 2 is 2.26 bits per heavy atom. The molecule has 2 N–H and O–H groups in total. The lowest BCUT2D eigenvalue weighted by Crippen LogP contribution is -2.34. The third-order valence-corrected chi connectivity index (χ3v) is 3.67. The maximum Gasteiger partial charge on any atom is 0.255 e. The second kappa shape index (κ2) is 6.08. The zero-order valence-corrected chi connectivity index (χ0v) is 12.0. The van der Waals surface area contributed by atoms with Crippen LogP contribution in [0.3, 0.4) is 0 Å². The Morgan fingerprint density at radius 3 is 2.95 bits per heavy atom. The molecule has 3 nitrogen and oxygen atoms in total. The van der Waals surface area contributed by atoms with Gasteiger partial charge in [0.1, 0.15) is 5.75 Å². The van der Waals surface area contributed by atoms with Crippen LogP contribution in [0.15, 0.2) is 35.0 Å². The van der Waals surface area contributed by atoms with E-state index in [2.05, 4.69) is 10.7 Å². The monoisotopic (exact) mass is 295 g/mol. The van der Waals surface area contributed by atoms with Gasteiger partial charge in [-0.2, -0.15) is 11.3 Å². The molecule has 1 amide bonds. The average molecular weight is 296 g/mol. The molecule has 19 heavy (non-hydrogen) atoms. The number of hydrogen-bond acceptors (Lipinski definition) is 3. The summed E-state index contributed by atoms with van der Waals surface area (Å²) in [5, 5.41) is 17.0. The lowest BCUT2D eigenvalue weighted by Gasteiger charge is -2.14. The van der Waals surface area contributed by atoms with Gasteiger partial charge in [-0.1, -0.05) is 11.6 Å². The van der Waals surface area contributed by atoms with Crippen molar-refractivity contribution >= 4 is 28.8 Å². The Labute approximate surface area is 120 Å². The zero-order chi connectivity index (χ0) is 13.8. The minimum Gasteiger partial charge on any atom is -0.507 e. The van der Waals surface area contributed by atoms with E-state index in [-0.39, 0.29) is 23.3 Å². The van der Waals surface area contributed by atoms with Gasteiger partial charge in [0.2, 0.25) is 0 Å². The third kappa shape index (κ3) is 3.72. The van der Waals surface area contributed by atoms with Crippen LogP contribution in [-0.4, -0.2) is 17.1 Å². The Balaban J connectivity index is 2.02. The number of amides is 1. The van der Waals surface area contributed by atoms with Crippen LogP contribution < -0.4 is 5.32 Å². The quantitative estimate of drug-likeness (QED) is 0.907. The molecule has 0 bridgehead atoms. The van der Waals surface area contributed by atoms with Crippen molar-refractivity contribution in [2.45, 2.75) is 19.4 Å². The van der Waals surface area contributed by atoms with E-state index >= 15 is 0 Å². The number of aromatic hydroxyl groups is 1. The van der Waals surface area contributed by atoms with Crippen molar-refractivity contribution < 1.29 is 9.90 Å². The maximum absolute atomic E-state index is 12.0. The van der Waals surface area contributed by atoms with E-state index in [4.69, 9.17) is 11.6 Å². The first-order chi connectivity index (χ1) is 9.06. The van der Waals surface area contributed by atoms with E-state index in [1.165, 1.54) is 17.7 Å². The molecule has 1 heterocycles. The van der Waals surface area contributed by atoms with E-state index in [1.54, 1.807) is 17.4 Å². The van der Waals surface area contributed by atoms with Gasteiger partial charge in [-0.15, -0.1) is 0 Å². The van der Waals surface area contributed by atoms with E-state index in [1.807, 2.05) is 18.4 Å². The standard InChI is InChI=1S/C14H14ClNO2S/c1-9(6-10-4-5-19-8-10)16-14(18)12-7-11(15)2-3-13(12)17/h2-5,7-9,17H,6H2,1H3,(H,16,18). The summed E-state index contributed by atoms with van der Waals surface area (Å²) >= 11 is 7.45. The molecule has 0 saturated carbocycles. The van der Waals surface area contributed by atoms with Gasteiger partial charge in [0, 0.05) is 11.1 Å². The van der Waals surface area contributed by atoms with Gasteiger partial charge in [0.15, 0.2) is 0 Å². The number of rotatable bonds is 4. The van der Waals surface area contributed by atoms with E-state index in [0.717, 1.165) is 6.42 Å². The van der Waals surface area contributed by atoms with Crippen molar-refractivity contribution in [3.63, 3.8) is 0 Å². The number of phenols is 1. The van der Waals surface area contributed by atoms with Crippen molar-refractivity contribution in [2.24, 2.45) is 0 Å². The topological polar surface area (TPSA) is 49.3 Å². The number of carbonyl (C=O) groups excluding carboxylic acids is 1. The summed E-state index contributed by atoms with van der Waals surface area (Å²) in [7, 11) is 0. The summed E-state index contributed by atoms with van der Waals surface area (Å²) in [6.07, 6.45) is 0.760. The van der Waals surface area contributed by atoms with Crippen LogP contribution in [0.4, 0.5) is 0 Å². The largest absolute Gasteiger partial charge is 0.507 e. The summed E-state index contributed by atoms with van der Waals surface area (Å²) in [5.41, 5.74) is 1.39. The van der Waals surface area contributed by atoms with Crippen molar-refractivity contribution in [3.05, 3.63) is 51.2 Å². The number of halogens is 1. The molecular weight excluding hydrogens is 282 g/mol. The van der Waals surface area contributed by atoms with Gasteiger partial charge < -0.3 is 10.4 Å². The summed E-state index contributed by atoms with van der Waals surface area (Å²) in [6, 6.07) is 6.44. The van der Waals surface area contributed by atoms with E-state index in [9.17, 15) is 9.90 Å². The molecule has 0 saturated heterocycles. The van der Waals surface area contributed by atoms with Crippen LogP contribution in [0, 0.1) is 0 Å². The molecular formula is C14H14ClNO2S. The number of phenolic OH excluding ortho intramolecular Hbond substituents is 1. The van der Waals surface area contributed by atoms with E-state index in [0.29, 0.717) is 5.02 Å². The molecule has 2 rings (SSSR count). The van der Waals surface area contributed by atoms with Crippen LogP contribution in [-0.2, 0) is 6.42 Å². The molecule has 0 fully saturated rings. The second-order valence-corrected chi connectivity index (χ2v) is 5.59. The van der Waals surface area contributed by atoms with Gasteiger partial charge in [0.25, 0.3) is 5.91 Å². The normalized spacial score (nSPS) is 12.1. The molecule has 1 atom stereocenters. The molecule has 1 aromatic carbocycles. The molecule has 0 aliphatic heterocycles. The number of hydrogen-bond donors (Lipinski definition) is 2. The van der Waals surface area contributed by atoms with Gasteiger partial charge in [-0.05, 0) is 53.9 Å². The van der Waals surface area contributed by atoms with Crippen LogP contribution in [0.1, 0.15) is 22.8 Å². The number of thiophene rings is 1. The summed E-state index contributed by atoms with van der Waals surface area (Å²) in [6.45, 7) is 1.93. The van der Waals surface area contributed by atoms with Crippen molar-refractivity contribution in [1.82, 2.24) is 5.32 Å². The fourth-order valence-corrected chi connectivity index (χ4v) is 2.66. The summed E-state index contributed by atoms with van der Waals surface area (Å²) < 4.78 is 0. The molecule has 0 aliphatic rings. The lowest BCUT2D eigenvalue weighted by molar-refractivity contribution is 0.0937. The highest BCUT2D eigenvalue weighted by Gasteiger charge is 2.14.